The Morgan fingerprint density at radius 3 is 1.93 bits per heavy atom. The second-order valence-electron chi connectivity index (χ2n) is 6.40. The van der Waals surface area contributed by atoms with Crippen LogP contribution in [0.4, 0.5) is 0 Å². The van der Waals surface area contributed by atoms with E-state index in [0.717, 1.165) is 22.1 Å². The highest BCUT2D eigenvalue weighted by atomic mass is 32.2. The fraction of sp³-hybridized carbons (Fsp3) is 0.0435. The largest absolute Gasteiger partial charge is 0.305 e. The van der Waals surface area contributed by atoms with Crippen molar-refractivity contribution in [1.29, 1.82) is 0 Å². The highest BCUT2D eigenvalue weighted by molar-refractivity contribution is 8.16. The summed E-state index contributed by atoms with van der Waals surface area (Å²) >= 11 is 1.63. The van der Waals surface area contributed by atoms with E-state index in [2.05, 4.69) is 81.2 Å². The van der Waals surface area contributed by atoms with Crippen molar-refractivity contribution in [3.63, 3.8) is 0 Å². The molecule has 0 aliphatic carbocycles. The Kier molecular flexibility index (Phi) is 4.11. The SMILES string of the molecule is C1=C(c2ccccc2)N2C(=NN=C(c3ccccc3)[C@H]2c2ccccc2)S1. The minimum absolute atomic E-state index is 0.0115. The van der Waals surface area contributed by atoms with Crippen molar-refractivity contribution in [2.45, 2.75) is 6.04 Å². The smallest absolute Gasteiger partial charge is 0.195 e. The average Bonchev–Trinajstić information content (AvgIpc) is 3.19. The van der Waals surface area contributed by atoms with Crippen molar-refractivity contribution in [1.82, 2.24) is 4.90 Å². The first kappa shape index (κ1) is 16.1. The Morgan fingerprint density at radius 1 is 0.667 bits per heavy atom. The van der Waals surface area contributed by atoms with Gasteiger partial charge in [0.05, 0.1) is 11.4 Å². The van der Waals surface area contributed by atoms with Crippen molar-refractivity contribution in [2.24, 2.45) is 10.2 Å². The van der Waals surface area contributed by atoms with Crippen molar-refractivity contribution in [2.75, 3.05) is 0 Å². The van der Waals surface area contributed by atoms with Gasteiger partial charge >= 0.3 is 0 Å². The molecule has 0 spiro atoms. The van der Waals surface area contributed by atoms with Gasteiger partial charge in [-0.3, -0.25) is 0 Å². The standard InChI is InChI=1S/C23H17N3S/c1-4-10-17(11-5-1)20-16-27-23-25-24-21(18-12-6-2-7-13-18)22(26(20)23)19-14-8-3-9-15-19/h1-16,22H/t22-/m1/s1. The van der Waals surface area contributed by atoms with Crippen molar-refractivity contribution in [3.8, 4) is 0 Å². The molecule has 3 aromatic rings. The number of hydrogen-bond donors (Lipinski definition) is 0. The molecular formula is C23H17N3S. The van der Waals surface area contributed by atoms with Gasteiger partial charge in [0.25, 0.3) is 0 Å². The number of rotatable bonds is 3. The summed E-state index contributed by atoms with van der Waals surface area (Å²) in [5.41, 5.74) is 5.62. The van der Waals surface area contributed by atoms with E-state index in [1.165, 1.54) is 11.1 Å². The third-order valence-electron chi connectivity index (χ3n) is 4.76. The first-order chi connectivity index (χ1) is 13.4. The topological polar surface area (TPSA) is 28.0 Å². The molecule has 3 nitrogen and oxygen atoms in total. The molecule has 1 atom stereocenters. The van der Waals surface area contributed by atoms with Crippen LogP contribution in [0.25, 0.3) is 5.70 Å². The predicted octanol–water partition coefficient (Wildman–Crippen LogP) is 5.55. The van der Waals surface area contributed by atoms with Gasteiger partial charge in [0, 0.05) is 11.0 Å². The Morgan fingerprint density at radius 2 is 1.26 bits per heavy atom. The second-order valence-corrected chi connectivity index (χ2v) is 7.24. The third-order valence-corrected chi connectivity index (χ3v) is 5.59. The summed E-state index contributed by atoms with van der Waals surface area (Å²) in [5, 5.41) is 12.3. The van der Waals surface area contributed by atoms with E-state index in [-0.39, 0.29) is 6.04 Å². The van der Waals surface area contributed by atoms with Crippen molar-refractivity contribution < 1.29 is 0 Å². The highest BCUT2D eigenvalue weighted by Gasteiger charge is 2.38. The Labute approximate surface area is 162 Å². The highest BCUT2D eigenvalue weighted by Crippen LogP contribution is 2.43. The maximum absolute atomic E-state index is 4.64. The number of benzene rings is 3. The van der Waals surface area contributed by atoms with Gasteiger partial charge in [0.1, 0.15) is 6.04 Å². The monoisotopic (exact) mass is 367 g/mol. The van der Waals surface area contributed by atoms with E-state index >= 15 is 0 Å². The van der Waals surface area contributed by atoms with E-state index in [4.69, 9.17) is 0 Å². The summed E-state index contributed by atoms with van der Waals surface area (Å²) in [6.45, 7) is 0. The summed E-state index contributed by atoms with van der Waals surface area (Å²) in [7, 11) is 0. The van der Waals surface area contributed by atoms with Crippen LogP contribution in [0.5, 0.6) is 0 Å². The molecule has 3 aromatic carbocycles. The lowest BCUT2D eigenvalue weighted by molar-refractivity contribution is 0.532. The second kappa shape index (κ2) is 6.89. The first-order valence-electron chi connectivity index (χ1n) is 8.89. The molecule has 2 aliphatic rings. The van der Waals surface area contributed by atoms with Gasteiger partial charge in [0.15, 0.2) is 5.17 Å². The van der Waals surface area contributed by atoms with Crippen LogP contribution < -0.4 is 0 Å². The molecular weight excluding hydrogens is 350 g/mol. The van der Waals surface area contributed by atoms with E-state index in [1.807, 2.05) is 30.3 Å². The zero-order valence-electron chi connectivity index (χ0n) is 14.6. The van der Waals surface area contributed by atoms with Gasteiger partial charge in [-0.25, -0.2) is 0 Å². The molecule has 0 unspecified atom stereocenters. The lowest BCUT2D eigenvalue weighted by atomic mass is 9.94. The van der Waals surface area contributed by atoms with Crippen LogP contribution in [-0.2, 0) is 0 Å². The van der Waals surface area contributed by atoms with Crippen LogP contribution in [0.2, 0.25) is 0 Å². The first-order valence-corrected chi connectivity index (χ1v) is 9.77. The van der Waals surface area contributed by atoms with E-state index < -0.39 is 0 Å². The fourth-order valence-corrected chi connectivity index (χ4v) is 4.37. The lowest BCUT2D eigenvalue weighted by Crippen LogP contribution is -2.37. The molecule has 2 heterocycles. The van der Waals surface area contributed by atoms with Gasteiger partial charge in [-0.1, -0.05) is 103 Å². The van der Waals surface area contributed by atoms with Gasteiger partial charge in [-0.05, 0) is 11.1 Å². The minimum Gasteiger partial charge on any atom is -0.305 e. The zero-order valence-corrected chi connectivity index (χ0v) is 15.4. The molecule has 0 bridgehead atoms. The molecule has 5 rings (SSSR count). The predicted molar refractivity (Wildman–Crippen MR) is 113 cm³/mol. The summed E-state index contributed by atoms with van der Waals surface area (Å²) in [4.78, 5) is 2.31. The van der Waals surface area contributed by atoms with E-state index in [1.54, 1.807) is 11.8 Å². The third kappa shape index (κ3) is 2.88. The molecule has 0 N–H and O–H groups in total. The number of hydrogen-bond acceptors (Lipinski definition) is 4. The molecule has 0 amide bonds. The molecule has 0 aromatic heterocycles. The molecule has 27 heavy (non-hydrogen) atoms. The average molecular weight is 367 g/mol. The molecule has 130 valence electrons. The van der Waals surface area contributed by atoms with Crippen LogP contribution in [-0.4, -0.2) is 15.8 Å². The van der Waals surface area contributed by atoms with E-state index in [0.29, 0.717) is 0 Å². The maximum Gasteiger partial charge on any atom is 0.195 e. The Balaban J connectivity index is 1.66. The number of thioether (sulfide) groups is 1. The molecule has 0 saturated carbocycles. The molecule has 0 fully saturated rings. The van der Waals surface area contributed by atoms with Crippen LogP contribution >= 0.6 is 11.8 Å². The lowest BCUT2D eigenvalue weighted by Gasteiger charge is -2.34. The Hall–Kier alpha value is -3.11. The van der Waals surface area contributed by atoms with Crippen LogP contribution in [0.1, 0.15) is 22.7 Å². The molecule has 4 heteroatoms. The van der Waals surface area contributed by atoms with Crippen LogP contribution in [0.3, 0.4) is 0 Å². The van der Waals surface area contributed by atoms with Gasteiger partial charge in [-0.2, -0.15) is 0 Å². The van der Waals surface area contributed by atoms with E-state index in [9.17, 15) is 0 Å². The van der Waals surface area contributed by atoms with Crippen LogP contribution in [0, 0.1) is 0 Å². The normalized spacial score (nSPS) is 18.4. The summed E-state index contributed by atoms with van der Waals surface area (Å²) in [6, 6.07) is 31.3. The summed E-state index contributed by atoms with van der Waals surface area (Å²) < 4.78 is 0. The molecule has 2 aliphatic heterocycles. The maximum atomic E-state index is 4.64. The van der Waals surface area contributed by atoms with Crippen molar-refractivity contribution >= 4 is 28.3 Å². The van der Waals surface area contributed by atoms with Gasteiger partial charge in [-0.15, -0.1) is 10.2 Å². The Bertz CT molecular complexity index is 1040. The minimum atomic E-state index is -0.0115. The van der Waals surface area contributed by atoms with Gasteiger partial charge < -0.3 is 4.90 Å². The van der Waals surface area contributed by atoms with Crippen molar-refractivity contribution in [3.05, 3.63) is 113 Å². The quantitative estimate of drug-likeness (QED) is 0.607. The van der Waals surface area contributed by atoms with Crippen LogP contribution in [0.15, 0.2) is 107 Å². The fourth-order valence-electron chi connectivity index (χ4n) is 3.50. The molecule has 0 radical (unpaired) electrons. The number of fused-ring (bicyclic) bond motifs is 1. The molecule has 0 saturated heterocycles. The van der Waals surface area contributed by atoms with Gasteiger partial charge in [0.2, 0.25) is 0 Å². The summed E-state index contributed by atoms with van der Waals surface area (Å²) in [6.07, 6.45) is 0. The summed E-state index contributed by atoms with van der Waals surface area (Å²) in [5.74, 6) is 0. The number of nitrogens with zero attached hydrogens (tertiary/aromatic N) is 3. The zero-order chi connectivity index (χ0) is 18.1. The number of amidine groups is 1.